The van der Waals surface area contributed by atoms with Crippen LogP contribution in [0.1, 0.15) is 61.2 Å². The second-order valence-electron chi connectivity index (χ2n) is 8.99. The maximum atomic E-state index is 11.5. The van der Waals surface area contributed by atoms with Crippen molar-refractivity contribution in [3.05, 3.63) is 84.0 Å². The monoisotopic (exact) mass is 470 g/mol. The van der Waals surface area contributed by atoms with Gasteiger partial charge in [0.05, 0.1) is 18.7 Å². The van der Waals surface area contributed by atoms with Crippen LogP contribution >= 0.6 is 0 Å². The van der Waals surface area contributed by atoms with Gasteiger partial charge in [-0.1, -0.05) is 60.7 Å². The second-order valence-corrected chi connectivity index (χ2v) is 8.99. The fourth-order valence-corrected chi connectivity index (χ4v) is 4.49. The molecule has 1 heterocycles. The van der Waals surface area contributed by atoms with E-state index in [4.69, 9.17) is 5.26 Å². The molecule has 0 spiro atoms. The largest absolute Gasteiger partial charge is 0.394 e. The van der Waals surface area contributed by atoms with Gasteiger partial charge in [0.1, 0.15) is 18.3 Å². The maximum Gasteiger partial charge on any atom is 0.234 e. The molecule has 1 aliphatic carbocycles. The summed E-state index contributed by atoms with van der Waals surface area (Å²) >= 11 is 0. The Morgan fingerprint density at radius 3 is 2.46 bits per heavy atom. The Morgan fingerprint density at radius 1 is 1.20 bits per heavy atom. The normalized spacial score (nSPS) is 19.0. The number of amides is 1. The number of nitrogens with one attached hydrogen (secondary N) is 1. The standard InChI is InChI=1S/C28H30N4O3/c1-19(34)28-30-14-15-32(28)26(18-33)11-4-20-2-5-21(6-3-20)22-7-9-23(10-8-22)24-16-25(17-24)31-27(35)12-13-29/h2-11,14-15,19,24-26,33-34H,12,16-18H2,1H3,(H,31,35)/b11-4+/t19-,24?,25?,26+/m0/s1. The van der Waals surface area contributed by atoms with Crippen LogP contribution in [0.2, 0.25) is 0 Å². The first-order valence-electron chi connectivity index (χ1n) is 11.8. The summed E-state index contributed by atoms with van der Waals surface area (Å²) in [5, 5.41) is 31.2. The van der Waals surface area contributed by atoms with Gasteiger partial charge in [-0.2, -0.15) is 5.26 Å². The molecule has 7 heteroatoms. The van der Waals surface area contributed by atoms with Crippen molar-refractivity contribution < 1.29 is 15.0 Å². The van der Waals surface area contributed by atoms with Crippen LogP contribution in [-0.2, 0) is 4.79 Å². The number of carbonyl (C=O) groups excluding carboxylic acids is 1. The van der Waals surface area contributed by atoms with E-state index >= 15 is 0 Å². The fraction of sp³-hybridized carbons (Fsp3) is 0.321. The molecular weight excluding hydrogens is 440 g/mol. The van der Waals surface area contributed by atoms with Gasteiger partial charge in [-0.3, -0.25) is 4.79 Å². The minimum atomic E-state index is -0.709. The van der Waals surface area contributed by atoms with E-state index in [2.05, 4.69) is 46.7 Å². The highest BCUT2D eigenvalue weighted by Gasteiger charge is 2.31. The molecule has 2 atom stereocenters. The van der Waals surface area contributed by atoms with Gasteiger partial charge >= 0.3 is 0 Å². The van der Waals surface area contributed by atoms with E-state index in [1.165, 1.54) is 5.56 Å². The smallest absolute Gasteiger partial charge is 0.234 e. The van der Waals surface area contributed by atoms with E-state index in [9.17, 15) is 15.0 Å². The number of benzene rings is 2. The first kappa shape index (κ1) is 24.4. The van der Waals surface area contributed by atoms with Gasteiger partial charge in [0.2, 0.25) is 5.91 Å². The lowest BCUT2D eigenvalue weighted by molar-refractivity contribution is -0.121. The van der Waals surface area contributed by atoms with Crippen LogP contribution in [0.5, 0.6) is 0 Å². The average Bonchev–Trinajstić information content (AvgIpc) is 3.33. The summed E-state index contributed by atoms with van der Waals surface area (Å²) in [6, 6.07) is 18.5. The van der Waals surface area contributed by atoms with Gasteiger partial charge in [0, 0.05) is 18.4 Å². The highest BCUT2D eigenvalue weighted by Crippen LogP contribution is 2.37. The van der Waals surface area contributed by atoms with Gasteiger partial charge in [0.15, 0.2) is 0 Å². The van der Waals surface area contributed by atoms with Crippen molar-refractivity contribution in [3.8, 4) is 17.2 Å². The number of nitriles is 1. The molecule has 180 valence electrons. The summed E-state index contributed by atoms with van der Waals surface area (Å²) in [4.78, 5) is 15.7. The third-order valence-corrected chi connectivity index (χ3v) is 6.50. The van der Waals surface area contributed by atoms with E-state index in [-0.39, 0.29) is 31.0 Å². The number of hydrogen-bond acceptors (Lipinski definition) is 5. The third-order valence-electron chi connectivity index (χ3n) is 6.50. The van der Waals surface area contributed by atoms with Gasteiger partial charge in [-0.05, 0) is 47.9 Å². The highest BCUT2D eigenvalue weighted by molar-refractivity contribution is 5.78. The Labute approximate surface area is 205 Å². The lowest BCUT2D eigenvalue weighted by Gasteiger charge is -2.36. The molecule has 2 aromatic carbocycles. The zero-order valence-electron chi connectivity index (χ0n) is 19.7. The Kier molecular flexibility index (Phi) is 7.76. The number of aromatic nitrogens is 2. The van der Waals surface area contributed by atoms with Crippen LogP contribution in [0.3, 0.4) is 0 Å². The molecule has 1 amide bonds. The predicted molar refractivity (Wildman–Crippen MR) is 134 cm³/mol. The van der Waals surface area contributed by atoms with Crippen LogP contribution in [-0.4, -0.2) is 38.3 Å². The summed E-state index contributed by atoms with van der Waals surface area (Å²) in [7, 11) is 0. The molecule has 0 radical (unpaired) electrons. The molecule has 1 aromatic heterocycles. The molecule has 35 heavy (non-hydrogen) atoms. The van der Waals surface area contributed by atoms with E-state index in [0.29, 0.717) is 11.7 Å². The molecule has 0 saturated heterocycles. The molecule has 1 aliphatic rings. The van der Waals surface area contributed by atoms with E-state index in [1.807, 2.05) is 30.4 Å². The van der Waals surface area contributed by atoms with Crippen molar-refractivity contribution in [2.24, 2.45) is 0 Å². The summed E-state index contributed by atoms with van der Waals surface area (Å²) in [5.41, 5.74) is 4.54. The number of rotatable bonds is 9. The van der Waals surface area contributed by atoms with Gasteiger partial charge < -0.3 is 20.1 Å². The average molecular weight is 471 g/mol. The molecule has 1 fully saturated rings. The van der Waals surface area contributed by atoms with Crippen molar-refractivity contribution >= 4 is 12.0 Å². The van der Waals surface area contributed by atoms with Crippen molar-refractivity contribution in [2.45, 2.75) is 50.3 Å². The zero-order chi connectivity index (χ0) is 24.8. The van der Waals surface area contributed by atoms with Crippen LogP contribution in [0.4, 0.5) is 0 Å². The third kappa shape index (κ3) is 5.86. The van der Waals surface area contributed by atoms with Crippen molar-refractivity contribution in [1.82, 2.24) is 14.9 Å². The molecule has 0 unspecified atom stereocenters. The quantitative estimate of drug-likeness (QED) is 0.436. The van der Waals surface area contributed by atoms with Gasteiger partial charge in [0.25, 0.3) is 0 Å². The number of carbonyl (C=O) groups is 1. The number of aliphatic hydroxyl groups is 2. The molecular formula is C28H30N4O3. The molecule has 7 nitrogen and oxygen atoms in total. The number of nitrogens with zero attached hydrogens (tertiary/aromatic N) is 3. The fourth-order valence-electron chi connectivity index (χ4n) is 4.49. The van der Waals surface area contributed by atoms with Crippen LogP contribution in [0, 0.1) is 11.3 Å². The first-order chi connectivity index (χ1) is 17.0. The minimum absolute atomic E-state index is 0.0823. The van der Waals surface area contributed by atoms with Crippen molar-refractivity contribution in [1.29, 1.82) is 5.26 Å². The molecule has 0 bridgehead atoms. The van der Waals surface area contributed by atoms with Gasteiger partial charge in [-0.25, -0.2) is 4.98 Å². The molecule has 3 aromatic rings. The summed E-state index contributed by atoms with van der Waals surface area (Å²) < 4.78 is 1.78. The topological polar surface area (TPSA) is 111 Å². The zero-order valence-corrected chi connectivity index (χ0v) is 19.7. The van der Waals surface area contributed by atoms with E-state index in [1.54, 1.807) is 23.9 Å². The Hall–Kier alpha value is -3.73. The molecule has 1 saturated carbocycles. The molecule has 3 N–H and O–H groups in total. The summed E-state index contributed by atoms with van der Waals surface area (Å²) in [6.45, 7) is 1.56. The predicted octanol–water partition coefficient (Wildman–Crippen LogP) is 4.13. The second kappa shape index (κ2) is 11.1. The first-order valence-corrected chi connectivity index (χ1v) is 11.8. The SMILES string of the molecule is C[C@H](O)c1nccn1[C@H](/C=C/c1ccc(-c2ccc(C3CC(NC(=O)CC#N)C3)cc2)cc1)CO. The van der Waals surface area contributed by atoms with Crippen molar-refractivity contribution in [3.63, 3.8) is 0 Å². The number of imidazole rings is 1. The van der Waals surface area contributed by atoms with E-state index < -0.39 is 6.10 Å². The molecule has 0 aliphatic heterocycles. The Balaban J connectivity index is 1.35. The van der Waals surface area contributed by atoms with Crippen LogP contribution in [0.25, 0.3) is 17.2 Å². The summed E-state index contributed by atoms with van der Waals surface area (Å²) in [6.07, 6.45) is 8.27. The highest BCUT2D eigenvalue weighted by atomic mass is 16.3. The molecule has 4 rings (SSSR count). The van der Waals surface area contributed by atoms with Crippen LogP contribution < -0.4 is 5.32 Å². The van der Waals surface area contributed by atoms with E-state index in [0.717, 1.165) is 29.5 Å². The number of hydrogen-bond donors (Lipinski definition) is 3. The Bertz CT molecular complexity index is 1200. The van der Waals surface area contributed by atoms with Crippen molar-refractivity contribution in [2.75, 3.05) is 6.61 Å². The number of aliphatic hydroxyl groups excluding tert-OH is 2. The lowest BCUT2D eigenvalue weighted by atomic mass is 9.75. The Morgan fingerprint density at radius 2 is 1.86 bits per heavy atom. The maximum absolute atomic E-state index is 11.5. The van der Waals surface area contributed by atoms with Crippen LogP contribution in [0.15, 0.2) is 67.0 Å². The lowest BCUT2D eigenvalue weighted by Crippen LogP contribution is -2.43. The van der Waals surface area contributed by atoms with Gasteiger partial charge in [-0.15, -0.1) is 0 Å². The summed E-state index contributed by atoms with van der Waals surface area (Å²) in [5.74, 6) is 0.768. The minimum Gasteiger partial charge on any atom is -0.394 e.